The summed E-state index contributed by atoms with van der Waals surface area (Å²) in [6, 6.07) is 13.2. The van der Waals surface area contributed by atoms with Gasteiger partial charge in [-0.05, 0) is 62.4 Å². The fourth-order valence-corrected chi connectivity index (χ4v) is 4.13. The topological polar surface area (TPSA) is 120 Å². The number of esters is 1. The van der Waals surface area contributed by atoms with Gasteiger partial charge in [0.15, 0.2) is 4.34 Å². The average molecular weight is 487 g/mol. The van der Waals surface area contributed by atoms with Crippen molar-refractivity contribution in [2.75, 3.05) is 29.6 Å². The van der Waals surface area contributed by atoms with Crippen molar-refractivity contribution < 1.29 is 23.9 Å². The maximum atomic E-state index is 12.4. The Balaban J connectivity index is 1.46. The molecular formula is C22H22N4O5S2. The second-order valence-electron chi connectivity index (χ2n) is 6.42. The van der Waals surface area contributed by atoms with Crippen LogP contribution in [-0.2, 0) is 9.53 Å². The number of carbonyl (C=O) groups is 3. The summed E-state index contributed by atoms with van der Waals surface area (Å²) in [4.78, 5) is 36.2. The Hall–Kier alpha value is -3.44. The van der Waals surface area contributed by atoms with Gasteiger partial charge in [0.25, 0.3) is 5.91 Å². The predicted molar refractivity (Wildman–Crippen MR) is 127 cm³/mol. The van der Waals surface area contributed by atoms with Crippen molar-refractivity contribution in [3.63, 3.8) is 0 Å². The summed E-state index contributed by atoms with van der Waals surface area (Å²) in [5.41, 5.74) is 1.45. The minimum atomic E-state index is -0.410. The number of rotatable bonds is 10. The van der Waals surface area contributed by atoms with E-state index in [1.54, 1.807) is 55.5 Å². The molecule has 0 aliphatic rings. The zero-order valence-corrected chi connectivity index (χ0v) is 19.6. The molecule has 0 bridgehead atoms. The first-order chi connectivity index (χ1) is 16.0. The molecule has 0 aliphatic carbocycles. The Morgan fingerprint density at radius 1 is 0.909 bits per heavy atom. The smallest absolute Gasteiger partial charge is 0.338 e. The van der Waals surface area contributed by atoms with Gasteiger partial charge in [-0.2, -0.15) is 0 Å². The van der Waals surface area contributed by atoms with Gasteiger partial charge in [-0.3, -0.25) is 14.9 Å². The van der Waals surface area contributed by atoms with E-state index in [-0.39, 0.29) is 17.6 Å². The van der Waals surface area contributed by atoms with Gasteiger partial charge >= 0.3 is 5.97 Å². The molecule has 0 saturated heterocycles. The van der Waals surface area contributed by atoms with Crippen LogP contribution in [0.3, 0.4) is 0 Å². The van der Waals surface area contributed by atoms with Gasteiger partial charge in [0.05, 0.1) is 24.5 Å². The van der Waals surface area contributed by atoms with E-state index in [0.29, 0.717) is 45.2 Å². The number of amides is 2. The Kier molecular flexibility index (Phi) is 8.79. The molecular weight excluding hydrogens is 464 g/mol. The van der Waals surface area contributed by atoms with Gasteiger partial charge in [-0.25, -0.2) is 4.79 Å². The van der Waals surface area contributed by atoms with Crippen molar-refractivity contribution in [3.05, 3.63) is 59.7 Å². The van der Waals surface area contributed by atoms with Crippen LogP contribution in [0.4, 0.5) is 10.8 Å². The largest absolute Gasteiger partial charge is 0.494 e. The van der Waals surface area contributed by atoms with E-state index in [4.69, 9.17) is 9.47 Å². The molecule has 2 aromatic carbocycles. The molecule has 0 radical (unpaired) electrons. The highest BCUT2D eigenvalue weighted by atomic mass is 32.2. The van der Waals surface area contributed by atoms with Crippen LogP contribution in [-0.4, -0.2) is 46.9 Å². The third kappa shape index (κ3) is 7.29. The number of carbonyl (C=O) groups excluding carboxylic acids is 3. The molecule has 0 spiro atoms. The quantitative estimate of drug-likeness (QED) is 0.250. The first-order valence-corrected chi connectivity index (χ1v) is 11.9. The third-order valence-electron chi connectivity index (χ3n) is 4.06. The fourth-order valence-electron chi connectivity index (χ4n) is 2.59. The summed E-state index contributed by atoms with van der Waals surface area (Å²) in [7, 11) is 0. The van der Waals surface area contributed by atoms with E-state index in [1.165, 1.54) is 23.1 Å². The molecule has 0 saturated carbocycles. The second kappa shape index (κ2) is 12.0. The molecule has 2 N–H and O–H groups in total. The lowest BCUT2D eigenvalue weighted by Gasteiger charge is -2.06. The SMILES string of the molecule is CCOC(=O)c1ccc(NC(=O)CSc2nnc(NC(=O)c3ccc(OCC)cc3)s2)cc1. The van der Waals surface area contributed by atoms with Gasteiger partial charge in [0.2, 0.25) is 11.0 Å². The fraction of sp³-hybridized carbons (Fsp3) is 0.227. The van der Waals surface area contributed by atoms with Crippen molar-refractivity contribution in [1.82, 2.24) is 10.2 Å². The van der Waals surface area contributed by atoms with E-state index in [9.17, 15) is 14.4 Å². The number of hydrogen-bond donors (Lipinski definition) is 2. The second-order valence-corrected chi connectivity index (χ2v) is 8.62. The van der Waals surface area contributed by atoms with Crippen LogP contribution >= 0.6 is 23.1 Å². The lowest BCUT2D eigenvalue weighted by atomic mass is 10.2. The Morgan fingerprint density at radius 2 is 1.61 bits per heavy atom. The summed E-state index contributed by atoms with van der Waals surface area (Å²) in [6.07, 6.45) is 0. The number of benzene rings is 2. The number of aromatic nitrogens is 2. The maximum absolute atomic E-state index is 12.4. The molecule has 11 heteroatoms. The molecule has 0 atom stereocenters. The standard InChI is InChI=1S/C22H22N4O5S2/c1-3-30-17-11-7-14(8-12-17)19(28)24-21-25-26-22(33-21)32-13-18(27)23-16-9-5-15(6-10-16)20(29)31-4-2/h5-12H,3-4,13H2,1-2H3,(H,23,27)(H,24,25,28). The van der Waals surface area contributed by atoms with Gasteiger partial charge in [0.1, 0.15) is 5.75 Å². The van der Waals surface area contributed by atoms with Crippen LogP contribution in [0, 0.1) is 0 Å². The van der Waals surface area contributed by atoms with E-state index >= 15 is 0 Å². The Morgan fingerprint density at radius 3 is 2.27 bits per heavy atom. The molecule has 1 heterocycles. The lowest BCUT2D eigenvalue weighted by molar-refractivity contribution is -0.113. The summed E-state index contributed by atoms with van der Waals surface area (Å²) >= 11 is 2.38. The zero-order chi connectivity index (χ0) is 23.6. The zero-order valence-electron chi connectivity index (χ0n) is 18.0. The highest BCUT2D eigenvalue weighted by Crippen LogP contribution is 2.26. The van der Waals surface area contributed by atoms with Gasteiger partial charge in [-0.15, -0.1) is 10.2 Å². The predicted octanol–water partition coefficient (Wildman–Crippen LogP) is 4.10. The van der Waals surface area contributed by atoms with Crippen LogP contribution in [0.2, 0.25) is 0 Å². The van der Waals surface area contributed by atoms with Gasteiger partial charge < -0.3 is 14.8 Å². The number of ether oxygens (including phenoxy) is 2. The Labute approximate surface area is 198 Å². The van der Waals surface area contributed by atoms with Gasteiger partial charge in [0, 0.05) is 11.3 Å². The van der Waals surface area contributed by atoms with Crippen molar-refractivity contribution in [1.29, 1.82) is 0 Å². The normalized spacial score (nSPS) is 10.4. The molecule has 1 aromatic heterocycles. The molecule has 33 heavy (non-hydrogen) atoms. The van der Waals surface area contributed by atoms with Crippen LogP contribution in [0.5, 0.6) is 5.75 Å². The number of hydrogen-bond acceptors (Lipinski definition) is 9. The molecule has 172 valence electrons. The Bertz CT molecular complexity index is 1100. The summed E-state index contributed by atoms with van der Waals surface area (Å²) in [5.74, 6) is -0.153. The van der Waals surface area contributed by atoms with Crippen molar-refractivity contribution in [2.24, 2.45) is 0 Å². The molecule has 2 amide bonds. The minimum absolute atomic E-state index is 0.112. The molecule has 0 unspecified atom stereocenters. The van der Waals surface area contributed by atoms with E-state index < -0.39 is 5.97 Å². The monoisotopic (exact) mass is 486 g/mol. The summed E-state index contributed by atoms with van der Waals surface area (Å²) in [5, 5.41) is 13.7. The van der Waals surface area contributed by atoms with Crippen LogP contribution < -0.4 is 15.4 Å². The first kappa shape index (κ1) is 24.2. The summed E-state index contributed by atoms with van der Waals surface area (Å²) in [6.45, 7) is 4.48. The summed E-state index contributed by atoms with van der Waals surface area (Å²) < 4.78 is 10.8. The van der Waals surface area contributed by atoms with Crippen LogP contribution in [0.1, 0.15) is 34.6 Å². The number of anilines is 2. The van der Waals surface area contributed by atoms with Crippen molar-refractivity contribution in [2.45, 2.75) is 18.2 Å². The maximum Gasteiger partial charge on any atom is 0.338 e. The first-order valence-electron chi connectivity index (χ1n) is 10.1. The van der Waals surface area contributed by atoms with Gasteiger partial charge in [-0.1, -0.05) is 23.1 Å². The van der Waals surface area contributed by atoms with Crippen molar-refractivity contribution in [3.8, 4) is 5.75 Å². The molecule has 3 aromatic rings. The number of thioether (sulfide) groups is 1. The number of nitrogens with zero attached hydrogens (tertiary/aromatic N) is 2. The minimum Gasteiger partial charge on any atom is -0.494 e. The molecule has 3 rings (SSSR count). The highest BCUT2D eigenvalue weighted by Gasteiger charge is 2.13. The lowest BCUT2D eigenvalue weighted by Crippen LogP contribution is -2.14. The number of nitrogens with one attached hydrogen (secondary N) is 2. The van der Waals surface area contributed by atoms with Crippen molar-refractivity contribution >= 4 is 51.7 Å². The van der Waals surface area contributed by atoms with Crippen LogP contribution in [0.25, 0.3) is 0 Å². The van der Waals surface area contributed by atoms with E-state index in [2.05, 4.69) is 20.8 Å². The van der Waals surface area contributed by atoms with Crippen LogP contribution in [0.15, 0.2) is 52.9 Å². The molecule has 0 fully saturated rings. The third-order valence-corrected chi connectivity index (χ3v) is 6.03. The van der Waals surface area contributed by atoms with E-state index in [0.717, 1.165) is 0 Å². The average Bonchev–Trinajstić information content (AvgIpc) is 3.26. The van der Waals surface area contributed by atoms with E-state index in [1.807, 2.05) is 6.92 Å². The highest BCUT2D eigenvalue weighted by molar-refractivity contribution is 8.01. The molecule has 9 nitrogen and oxygen atoms in total. The molecule has 0 aliphatic heterocycles.